The van der Waals surface area contributed by atoms with E-state index in [2.05, 4.69) is 32.8 Å². The lowest BCUT2D eigenvalue weighted by molar-refractivity contribution is -0.119. The number of rotatable bonds is 3. The molecule has 0 unspecified atom stereocenters. The van der Waals surface area contributed by atoms with Crippen molar-refractivity contribution in [2.45, 2.75) is 13.0 Å². The summed E-state index contributed by atoms with van der Waals surface area (Å²) in [7, 11) is 0. The molecule has 1 aromatic rings. The van der Waals surface area contributed by atoms with Gasteiger partial charge in [0.05, 0.1) is 24.9 Å². The van der Waals surface area contributed by atoms with Crippen LogP contribution in [0.5, 0.6) is 0 Å². The highest BCUT2D eigenvalue weighted by Crippen LogP contribution is 2.16. The van der Waals surface area contributed by atoms with Crippen LogP contribution in [0.15, 0.2) is 24.3 Å². The van der Waals surface area contributed by atoms with E-state index in [0.29, 0.717) is 13.2 Å². The van der Waals surface area contributed by atoms with E-state index in [1.807, 2.05) is 31.2 Å². The molecule has 1 aliphatic rings. The molecule has 0 aromatic heterocycles. The Hall–Kier alpha value is -0.660. The van der Waals surface area contributed by atoms with E-state index in [0.717, 1.165) is 22.3 Å². The molecule has 1 heterocycles. The van der Waals surface area contributed by atoms with E-state index in [9.17, 15) is 4.79 Å². The predicted molar refractivity (Wildman–Crippen MR) is 79.6 cm³/mol. The number of para-hydroxylation sites is 1. The van der Waals surface area contributed by atoms with Crippen molar-refractivity contribution in [2.75, 3.05) is 31.6 Å². The lowest BCUT2D eigenvalue weighted by Gasteiger charge is -2.30. The van der Waals surface area contributed by atoms with E-state index >= 15 is 0 Å². The summed E-state index contributed by atoms with van der Waals surface area (Å²) in [6.45, 7) is 4.81. The molecule has 0 aliphatic carbocycles. The van der Waals surface area contributed by atoms with E-state index in [1.54, 1.807) is 0 Å². The van der Waals surface area contributed by atoms with Gasteiger partial charge in [-0.05, 0) is 41.6 Å². The SMILES string of the molecule is C[C@@H]1CN(CC(=O)Nc2ccccc2I)CCO1. The standard InChI is InChI=1S/C13H17IN2O2/c1-10-8-16(6-7-18-10)9-13(17)15-12-5-3-2-4-11(12)14/h2-5,10H,6-9H2,1H3,(H,15,17)/t10-/m1/s1. The van der Waals surface area contributed by atoms with Gasteiger partial charge in [-0.2, -0.15) is 0 Å². The molecule has 0 radical (unpaired) electrons. The summed E-state index contributed by atoms with van der Waals surface area (Å²) in [6, 6.07) is 7.78. The van der Waals surface area contributed by atoms with Crippen LogP contribution in [0.25, 0.3) is 0 Å². The van der Waals surface area contributed by atoms with Gasteiger partial charge in [-0.15, -0.1) is 0 Å². The molecule has 0 saturated carbocycles. The molecule has 1 N–H and O–H groups in total. The number of carbonyl (C=O) groups excluding carboxylic acids is 1. The fourth-order valence-corrected chi connectivity index (χ4v) is 2.51. The third kappa shape index (κ3) is 3.93. The van der Waals surface area contributed by atoms with Gasteiger partial charge in [-0.1, -0.05) is 12.1 Å². The quantitative estimate of drug-likeness (QED) is 0.838. The van der Waals surface area contributed by atoms with Crippen molar-refractivity contribution in [3.05, 3.63) is 27.8 Å². The van der Waals surface area contributed by atoms with Gasteiger partial charge in [-0.25, -0.2) is 0 Å². The molecule has 4 nitrogen and oxygen atoms in total. The van der Waals surface area contributed by atoms with Crippen LogP contribution in [0.3, 0.4) is 0 Å². The second-order valence-electron chi connectivity index (χ2n) is 4.44. The Kier molecular flexibility index (Phi) is 4.96. The fourth-order valence-electron chi connectivity index (χ4n) is 1.99. The number of hydrogen-bond acceptors (Lipinski definition) is 3. The minimum atomic E-state index is 0.0354. The highest BCUT2D eigenvalue weighted by Gasteiger charge is 2.19. The third-order valence-electron chi connectivity index (χ3n) is 2.84. The largest absolute Gasteiger partial charge is 0.376 e. The Morgan fingerprint density at radius 3 is 3.06 bits per heavy atom. The fraction of sp³-hybridized carbons (Fsp3) is 0.462. The maximum absolute atomic E-state index is 11.9. The first-order valence-corrected chi connectivity index (χ1v) is 7.11. The second kappa shape index (κ2) is 6.49. The van der Waals surface area contributed by atoms with Gasteiger partial charge in [-0.3, -0.25) is 9.69 Å². The molecular weight excluding hydrogens is 343 g/mol. The van der Waals surface area contributed by atoms with Gasteiger partial charge >= 0.3 is 0 Å². The zero-order valence-corrected chi connectivity index (χ0v) is 12.5. The van der Waals surface area contributed by atoms with Crippen LogP contribution in [0.4, 0.5) is 5.69 Å². The number of nitrogens with one attached hydrogen (secondary N) is 1. The van der Waals surface area contributed by atoms with Crippen molar-refractivity contribution in [1.82, 2.24) is 4.90 Å². The Morgan fingerprint density at radius 2 is 2.33 bits per heavy atom. The third-order valence-corrected chi connectivity index (χ3v) is 3.78. The first kappa shape index (κ1) is 13.8. The molecule has 0 bridgehead atoms. The lowest BCUT2D eigenvalue weighted by Crippen LogP contribution is -2.44. The van der Waals surface area contributed by atoms with Crippen LogP contribution >= 0.6 is 22.6 Å². The summed E-state index contributed by atoms with van der Waals surface area (Å²) in [6.07, 6.45) is 0.211. The highest BCUT2D eigenvalue weighted by atomic mass is 127. The molecular formula is C13H17IN2O2. The maximum Gasteiger partial charge on any atom is 0.238 e. The number of amides is 1. The van der Waals surface area contributed by atoms with Crippen LogP contribution in [-0.4, -0.2) is 43.2 Å². The highest BCUT2D eigenvalue weighted by molar-refractivity contribution is 14.1. The number of hydrogen-bond donors (Lipinski definition) is 1. The van der Waals surface area contributed by atoms with Gasteiger partial charge < -0.3 is 10.1 Å². The zero-order valence-electron chi connectivity index (χ0n) is 10.4. The number of anilines is 1. The summed E-state index contributed by atoms with van der Waals surface area (Å²) in [5.41, 5.74) is 0.879. The van der Waals surface area contributed by atoms with Gasteiger partial charge in [0.2, 0.25) is 5.91 Å². The number of ether oxygens (including phenoxy) is 1. The molecule has 18 heavy (non-hydrogen) atoms. The van der Waals surface area contributed by atoms with Crippen LogP contribution in [-0.2, 0) is 9.53 Å². The van der Waals surface area contributed by atoms with Crippen molar-refractivity contribution in [3.8, 4) is 0 Å². The summed E-state index contributed by atoms with van der Waals surface area (Å²) in [4.78, 5) is 14.1. The van der Waals surface area contributed by atoms with Crippen molar-refractivity contribution < 1.29 is 9.53 Å². The van der Waals surface area contributed by atoms with Crippen LogP contribution in [0, 0.1) is 3.57 Å². The summed E-state index contributed by atoms with van der Waals surface area (Å²) in [5.74, 6) is 0.0354. The lowest BCUT2D eigenvalue weighted by atomic mass is 10.3. The molecule has 1 atom stereocenters. The summed E-state index contributed by atoms with van der Waals surface area (Å²) in [5, 5.41) is 2.94. The molecule has 1 fully saturated rings. The predicted octanol–water partition coefficient (Wildman–Crippen LogP) is 1.95. The molecule has 98 valence electrons. The molecule has 1 aliphatic heterocycles. The number of carbonyl (C=O) groups is 1. The maximum atomic E-state index is 11.9. The zero-order chi connectivity index (χ0) is 13.0. The van der Waals surface area contributed by atoms with Crippen LogP contribution in [0.2, 0.25) is 0 Å². The number of benzene rings is 1. The van der Waals surface area contributed by atoms with Crippen molar-refractivity contribution >= 4 is 34.2 Å². The van der Waals surface area contributed by atoms with Gasteiger partial charge in [0.15, 0.2) is 0 Å². The normalized spacial score (nSPS) is 20.7. The van der Waals surface area contributed by atoms with Gasteiger partial charge in [0, 0.05) is 16.7 Å². The number of nitrogens with zero attached hydrogens (tertiary/aromatic N) is 1. The number of morpholine rings is 1. The molecule has 0 spiro atoms. The average molecular weight is 360 g/mol. The molecule has 1 saturated heterocycles. The Balaban J connectivity index is 1.87. The van der Waals surface area contributed by atoms with E-state index in [1.165, 1.54) is 0 Å². The molecule has 1 aromatic carbocycles. The smallest absolute Gasteiger partial charge is 0.238 e. The summed E-state index contributed by atoms with van der Waals surface area (Å²) < 4.78 is 6.51. The average Bonchev–Trinajstić information content (AvgIpc) is 2.32. The Bertz CT molecular complexity index is 425. The Labute approximate surface area is 121 Å². The monoisotopic (exact) mass is 360 g/mol. The van der Waals surface area contributed by atoms with Crippen molar-refractivity contribution in [1.29, 1.82) is 0 Å². The minimum Gasteiger partial charge on any atom is -0.376 e. The summed E-state index contributed by atoms with van der Waals surface area (Å²) >= 11 is 2.22. The van der Waals surface area contributed by atoms with E-state index in [-0.39, 0.29) is 12.0 Å². The van der Waals surface area contributed by atoms with Crippen LogP contribution in [0.1, 0.15) is 6.92 Å². The van der Waals surface area contributed by atoms with E-state index < -0.39 is 0 Å². The van der Waals surface area contributed by atoms with E-state index in [4.69, 9.17) is 4.74 Å². The first-order chi connectivity index (χ1) is 8.65. The topological polar surface area (TPSA) is 41.6 Å². The van der Waals surface area contributed by atoms with Crippen molar-refractivity contribution in [2.24, 2.45) is 0 Å². The Morgan fingerprint density at radius 1 is 1.56 bits per heavy atom. The molecule has 5 heteroatoms. The second-order valence-corrected chi connectivity index (χ2v) is 5.61. The molecule has 2 rings (SSSR count). The van der Waals surface area contributed by atoms with Crippen molar-refractivity contribution in [3.63, 3.8) is 0 Å². The van der Waals surface area contributed by atoms with Gasteiger partial charge in [0.25, 0.3) is 0 Å². The van der Waals surface area contributed by atoms with Crippen LogP contribution < -0.4 is 5.32 Å². The molecule has 1 amide bonds. The number of halogens is 1. The van der Waals surface area contributed by atoms with Gasteiger partial charge in [0.1, 0.15) is 0 Å². The minimum absolute atomic E-state index is 0.0354. The first-order valence-electron chi connectivity index (χ1n) is 6.03.